The van der Waals surface area contributed by atoms with Crippen molar-refractivity contribution in [1.82, 2.24) is 25.8 Å². The number of rotatable bonds is 6. The highest BCUT2D eigenvalue weighted by atomic mass is 15.4. The molecule has 0 saturated heterocycles. The molecule has 1 fully saturated rings. The molecule has 3 aromatic rings. The zero-order valence-electron chi connectivity index (χ0n) is 17.7. The molecule has 0 bridgehead atoms. The first kappa shape index (κ1) is 19.7. The minimum atomic E-state index is 0.584. The minimum absolute atomic E-state index is 0.584. The highest BCUT2D eigenvalue weighted by Gasteiger charge is 2.26. The Balaban J connectivity index is 1.48. The van der Waals surface area contributed by atoms with E-state index in [1.165, 1.54) is 18.4 Å². The Labute approximate surface area is 186 Å². The molecule has 0 radical (unpaired) electrons. The number of hydrazine groups is 1. The van der Waals surface area contributed by atoms with Crippen molar-refractivity contribution in [2.45, 2.75) is 12.8 Å². The minimum Gasteiger partial charge on any atom is -0.398 e. The van der Waals surface area contributed by atoms with Gasteiger partial charge >= 0.3 is 0 Å². The van der Waals surface area contributed by atoms with Crippen LogP contribution >= 0.6 is 0 Å². The molecule has 8 heteroatoms. The summed E-state index contributed by atoms with van der Waals surface area (Å²) in [4.78, 5) is 17.7. The first-order valence-electron chi connectivity index (χ1n) is 10.5. The van der Waals surface area contributed by atoms with Gasteiger partial charge in [0.15, 0.2) is 0 Å². The van der Waals surface area contributed by atoms with Crippen LogP contribution in [0, 0.1) is 5.92 Å². The fraction of sp³-hybridized carbons (Fsp3) is 0.167. The van der Waals surface area contributed by atoms with Gasteiger partial charge in [0.25, 0.3) is 0 Å². The smallest absolute Gasteiger partial charge is 0.132 e. The number of pyridine rings is 3. The Morgan fingerprint density at radius 3 is 2.88 bits per heavy atom. The molecule has 4 heterocycles. The van der Waals surface area contributed by atoms with Gasteiger partial charge in [-0.2, -0.15) is 0 Å². The van der Waals surface area contributed by atoms with E-state index in [2.05, 4.69) is 37.2 Å². The summed E-state index contributed by atoms with van der Waals surface area (Å²) in [5, 5.41) is 3.34. The van der Waals surface area contributed by atoms with Gasteiger partial charge in [-0.1, -0.05) is 0 Å². The van der Waals surface area contributed by atoms with Gasteiger partial charge in [-0.05, 0) is 60.7 Å². The number of hydrogen-bond donors (Lipinski definition) is 4. The van der Waals surface area contributed by atoms with Crippen LogP contribution in [0.5, 0.6) is 0 Å². The van der Waals surface area contributed by atoms with E-state index in [1.807, 2.05) is 36.5 Å². The molecule has 1 aliphatic carbocycles. The number of fused-ring (bicyclic) bond motifs is 1. The van der Waals surface area contributed by atoms with Crippen LogP contribution in [0.2, 0.25) is 0 Å². The van der Waals surface area contributed by atoms with Gasteiger partial charge in [0.1, 0.15) is 11.6 Å². The number of nitrogens with two attached hydrogens (primary N) is 1. The number of hydrogen-bond acceptors (Lipinski definition) is 8. The zero-order valence-corrected chi connectivity index (χ0v) is 17.7. The second-order valence-corrected chi connectivity index (χ2v) is 7.79. The summed E-state index contributed by atoms with van der Waals surface area (Å²) in [6, 6.07) is 9.62. The summed E-state index contributed by atoms with van der Waals surface area (Å²) in [6.07, 6.45) is 13.6. The molecule has 0 spiro atoms. The number of anilines is 1. The highest BCUT2D eigenvalue weighted by molar-refractivity contribution is 6.19. The summed E-state index contributed by atoms with van der Waals surface area (Å²) >= 11 is 0. The SMILES string of the molecule is CN=CC(=C(N)c1cccnc1)c1cnc2ccc(NC3=CC(C4CC4)=CNN3)nc2c1. The van der Waals surface area contributed by atoms with Gasteiger partial charge in [0.05, 0.1) is 11.0 Å². The van der Waals surface area contributed by atoms with Crippen molar-refractivity contribution in [1.29, 1.82) is 0 Å². The number of nitrogens with zero attached hydrogens (tertiary/aromatic N) is 4. The van der Waals surface area contributed by atoms with Crippen molar-refractivity contribution in [2.75, 3.05) is 12.4 Å². The molecule has 0 aromatic carbocycles. The predicted octanol–water partition coefficient (Wildman–Crippen LogP) is 3.21. The molecule has 32 heavy (non-hydrogen) atoms. The van der Waals surface area contributed by atoms with Gasteiger partial charge in [-0.3, -0.25) is 20.4 Å². The lowest BCUT2D eigenvalue weighted by Gasteiger charge is -2.18. The van der Waals surface area contributed by atoms with E-state index in [0.717, 1.165) is 39.4 Å². The molecule has 0 unspecified atom stereocenters. The van der Waals surface area contributed by atoms with Crippen molar-refractivity contribution >= 4 is 34.3 Å². The Hall–Kier alpha value is -4.20. The molecule has 0 amide bonds. The summed E-state index contributed by atoms with van der Waals surface area (Å²) in [7, 11) is 1.72. The first-order valence-corrected chi connectivity index (χ1v) is 10.5. The largest absolute Gasteiger partial charge is 0.398 e. The van der Waals surface area contributed by atoms with Crippen molar-refractivity contribution in [3.05, 3.63) is 83.7 Å². The molecule has 1 saturated carbocycles. The van der Waals surface area contributed by atoms with E-state index in [1.54, 1.807) is 31.9 Å². The van der Waals surface area contributed by atoms with Crippen LogP contribution in [0.4, 0.5) is 5.82 Å². The van der Waals surface area contributed by atoms with E-state index in [9.17, 15) is 0 Å². The van der Waals surface area contributed by atoms with Gasteiger partial charge in [-0.25, -0.2) is 4.98 Å². The van der Waals surface area contributed by atoms with E-state index < -0.39 is 0 Å². The molecule has 1 aliphatic heterocycles. The summed E-state index contributed by atoms with van der Waals surface area (Å²) in [6.45, 7) is 0. The fourth-order valence-corrected chi connectivity index (χ4v) is 3.63. The fourth-order valence-electron chi connectivity index (χ4n) is 3.63. The topological polar surface area (TPSA) is 113 Å². The second-order valence-electron chi connectivity index (χ2n) is 7.79. The lowest BCUT2D eigenvalue weighted by Crippen LogP contribution is -2.33. The molecule has 2 aliphatic rings. The van der Waals surface area contributed by atoms with Gasteiger partial charge in [0, 0.05) is 60.4 Å². The van der Waals surface area contributed by atoms with Crippen LogP contribution in [0.25, 0.3) is 22.3 Å². The van der Waals surface area contributed by atoms with E-state index in [-0.39, 0.29) is 0 Å². The first-order chi connectivity index (χ1) is 15.7. The van der Waals surface area contributed by atoms with Crippen molar-refractivity contribution in [2.24, 2.45) is 16.6 Å². The maximum absolute atomic E-state index is 6.46. The normalized spacial score (nSPS) is 16.7. The van der Waals surface area contributed by atoms with Crippen LogP contribution in [-0.4, -0.2) is 28.2 Å². The summed E-state index contributed by atoms with van der Waals surface area (Å²) < 4.78 is 0. The molecule has 3 aromatic heterocycles. The maximum atomic E-state index is 6.46. The van der Waals surface area contributed by atoms with Crippen LogP contribution in [0.15, 0.2) is 77.6 Å². The monoisotopic (exact) mass is 424 g/mol. The van der Waals surface area contributed by atoms with Crippen LogP contribution in [0.3, 0.4) is 0 Å². The number of nitrogens with one attached hydrogen (secondary N) is 3. The Kier molecular flexibility index (Phi) is 5.25. The van der Waals surface area contributed by atoms with Crippen molar-refractivity contribution < 1.29 is 0 Å². The molecule has 8 nitrogen and oxygen atoms in total. The van der Waals surface area contributed by atoms with E-state index in [4.69, 9.17) is 10.7 Å². The van der Waals surface area contributed by atoms with E-state index in [0.29, 0.717) is 11.6 Å². The van der Waals surface area contributed by atoms with Crippen molar-refractivity contribution in [3.63, 3.8) is 0 Å². The summed E-state index contributed by atoms with van der Waals surface area (Å²) in [5.41, 5.74) is 18.6. The molecule has 5 rings (SSSR count). The van der Waals surface area contributed by atoms with Crippen LogP contribution < -0.4 is 21.9 Å². The summed E-state index contributed by atoms with van der Waals surface area (Å²) in [5.74, 6) is 2.25. The molecule has 160 valence electrons. The molecular formula is C24H24N8. The zero-order chi connectivity index (χ0) is 21.9. The third-order valence-corrected chi connectivity index (χ3v) is 5.44. The number of aromatic nitrogens is 3. The lowest BCUT2D eigenvalue weighted by atomic mass is 10.0. The molecular weight excluding hydrogens is 400 g/mol. The van der Waals surface area contributed by atoms with Gasteiger partial charge in [0.2, 0.25) is 0 Å². The third kappa shape index (κ3) is 4.15. The third-order valence-electron chi connectivity index (χ3n) is 5.44. The molecule has 0 atom stereocenters. The van der Waals surface area contributed by atoms with Crippen LogP contribution in [0.1, 0.15) is 24.0 Å². The average molecular weight is 425 g/mol. The number of allylic oxidation sites excluding steroid dienone is 3. The Morgan fingerprint density at radius 1 is 1.19 bits per heavy atom. The second kappa shape index (κ2) is 8.50. The predicted molar refractivity (Wildman–Crippen MR) is 128 cm³/mol. The number of aliphatic imine (C=N–C) groups is 1. The van der Waals surface area contributed by atoms with Gasteiger partial charge in [-0.15, -0.1) is 0 Å². The average Bonchev–Trinajstić information content (AvgIpc) is 3.68. The quantitative estimate of drug-likeness (QED) is 0.449. The molecule has 5 N–H and O–H groups in total. The Morgan fingerprint density at radius 2 is 2.09 bits per heavy atom. The standard InChI is InChI=1S/C24H24N8/c1-26-14-19(24(25)16-3-2-8-27-11-16)18-9-21-20(28-12-18)6-7-22(30-21)31-23-10-17(13-29-32-23)15-4-5-15/h2-3,6-15,29,32H,4-5,25H2,1H3,(H,30,31). The lowest BCUT2D eigenvalue weighted by molar-refractivity contribution is 0.703. The van der Waals surface area contributed by atoms with Gasteiger partial charge < -0.3 is 16.5 Å². The maximum Gasteiger partial charge on any atom is 0.132 e. The van der Waals surface area contributed by atoms with E-state index >= 15 is 0 Å². The van der Waals surface area contributed by atoms with Crippen LogP contribution in [-0.2, 0) is 0 Å². The Bertz CT molecular complexity index is 1270. The highest BCUT2D eigenvalue weighted by Crippen LogP contribution is 2.37. The van der Waals surface area contributed by atoms with Crippen molar-refractivity contribution in [3.8, 4) is 0 Å².